The predicted molar refractivity (Wildman–Crippen MR) is 87.8 cm³/mol. The lowest BCUT2D eigenvalue weighted by atomic mass is 9.92. The van der Waals surface area contributed by atoms with E-state index >= 15 is 0 Å². The third kappa shape index (κ3) is 3.45. The molecule has 0 amide bonds. The molecule has 4 nitrogen and oxygen atoms in total. The Kier molecular flexibility index (Phi) is 4.68. The third-order valence-electron chi connectivity index (χ3n) is 4.30. The van der Waals surface area contributed by atoms with Crippen LogP contribution in [-0.2, 0) is 0 Å². The Morgan fingerprint density at radius 3 is 2.59 bits per heavy atom. The smallest absolute Gasteiger partial charge is 0.213 e. The van der Waals surface area contributed by atoms with Gasteiger partial charge in [0.1, 0.15) is 6.10 Å². The van der Waals surface area contributed by atoms with E-state index in [0.717, 1.165) is 17.7 Å². The summed E-state index contributed by atoms with van der Waals surface area (Å²) in [7, 11) is 4.26. The topological polar surface area (TPSA) is 38.2 Å². The number of pyridine rings is 2. The van der Waals surface area contributed by atoms with Gasteiger partial charge in [-0.3, -0.25) is 4.98 Å². The van der Waals surface area contributed by atoms with E-state index in [2.05, 4.69) is 29.0 Å². The summed E-state index contributed by atoms with van der Waals surface area (Å²) >= 11 is 0. The van der Waals surface area contributed by atoms with Crippen molar-refractivity contribution in [2.24, 2.45) is 0 Å². The fourth-order valence-corrected chi connectivity index (χ4v) is 3.10. The van der Waals surface area contributed by atoms with Crippen LogP contribution in [0.2, 0.25) is 0 Å². The van der Waals surface area contributed by atoms with E-state index in [-0.39, 0.29) is 6.10 Å². The molecule has 1 aliphatic rings. The molecule has 3 rings (SSSR count). The molecular formula is C18H23N3O. The number of likely N-dealkylation sites (N-methyl/N-ethyl adjacent to an activating group) is 1. The average molecular weight is 297 g/mol. The van der Waals surface area contributed by atoms with Crippen LogP contribution in [0.3, 0.4) is 0 Å². The molecule has 1 fully saturated rings. The highest BCUT2D eigenvalue weighted by Gasteiger charge is 2.28. The monoisotopic (exact) mass is 297 g/mol. The minimum atomic E-state index is 0.233. The van der Waals surface area contributed by atoms with E-state index in [4.69, 9.17) is 4.74 Å². The summed E-state index contributed by atoms with van der Waals surface area (Å²) in [4.78, 5) is 11.1. The van der Waals surface area contributed by atoms with Crippen LogP contribution >= 0.6 is 0 Å². The molecule has 0 unspecified atom stereocenters. The largest absolute Gasteiger partial charge is 0.473 e. The van der Waals surface area contributed by atoms with Crippen molar-refractivity contribution in [3.05, 3.63) is 42.7 Å². The van der Waals surface area contributed by atoms with Crippen LogP contribution in [0.25, 0.3) is 11.3 Å². The molecule has 116 valence electrons. The minimum absolute atomic E-state index is 0.233. The molecule has 1 saturated carbocycles. The van der Waals surface area contributed by atoms with Crippen LogP contribution in [0.1, 0.15) is 25.7 Å². The Bertz CT molecular complexity index is 583. The first-order chi connectivity index (χ1) is 10.7. The number of aromatic nitrogens is 2. The maximum absolute atomic E-state index is 6.15. The first-order valence-corrected chi connectivity index (χ1v) is 7.94. The number of hydrogen-bond acceptors (Lipinski definition) is 4. The Morgan fingerprint density at radius 1 is 1.05 bits per heavy atom. The van der Waals surface area contributed by atoms with Gasteiger partial charge in [0.25, 0.3) is 0 Å². The predicted octanol–water partition coefficient (Wildman–Crippen LogP) is 3.40. The fourth-order valence-electron chi connectivity index (χ4n) is 3.10. The molecule has 1 aliphatic carbocycles. The molecule has 0 N–H and O–H groups in total. The van der Waals surface area contributed by atoms with Crippen molar-refractivity contribution in [2.45, 2.75) is 37.8 Å². The van der Waals surface area contributed by atoms with Gasteiger partial charge >= 0.3 is 0 Å². The second-order valence-corrected chi connectivity index (χ2v) is 6.07. The maximum atomic E-state index is 6.15. The van der Waals surface area contributed by atoms with E-state index in [1.165, 1.54) is 19.3 Å². The third-order valence-corrected chi connectivity index (χ3v) is 4.30. The zero-order chi connectivity index (χ0) is 15.4. The lowest BCUT2D eigenvalue weighted by Crippen LogP contribution is -2.44. The SMILES string of the molecule is CN(C)[C@H]1CCCC[C@@H]1Oc1ccc(-c2ccccn2)cn1. The average Bonchev–Trinajstić information content (AvgIpc) is 2.57. The lowest BCUT2D eigenvalue weighted by Gasteiger charge is -2.35. The molecule has 0 spiro atoms. The van der Waals surface area contributed by atoms with E-state index < -0.39 is 0 Å². The van der Waals surface area contributed by atoms with Crippen LogP contribution in [0.15, 0.2) is 42.7 Å². The number of ether oxygens (including phenoxy) is 1. The Balaban J connectivity index is 1.70. The molecule has 22 heavy (non-hydrogen) atoms. The highest BCUT2D eigenvalue weighted by Crippen LogP contribution is 2.26. The van der Waals surface area contributed by atoms with Crippen LogP contribution in [-0.4, -0.2) is 41.1 Å². The Morgan fingerprint density at radius 2 is 1.91 bits per heavy atom. The summed E-state index contributed by atoms with van der Waals surface area (Å²) in [6.45, 7) is 0. The molecule has 0 bridgehead atoms. The van der Waals surface area contributed by atoms with Crippen LogP contribution in [0, 0.1) is 0 Å². The molecule has 0 radical (unpaired) electrons. The normalized spacial score (nSPS) is 21.8. The molecule has 2 atom stereocenters. The van der Waals surface area contributed by atoms with Crippen LogP contribution in [0.5, 0.6) is 5.88 Å². The Labute approximate surface area is 132 Å². The second kappa shape index (κ2) is 6.88. The zero-order valence-electron chi connectivity index (χ0n) is 13.3. The van der Waals surface area contributed by atoms with E-state index in [1.54, 1.807) is 6.20 Å². The number of hydrogen-bond donors (Lipinski definition) is 0. The standard InChI is InChI=1S/C18H23N3O/c1-21(2)16-8-3-4-9-17(16)22-18-11-10-14(13-20-18)15-7-5-6-12-19-15/h5-7,10-13,16-17H,3-4,8-9H2,1-2H3/t16-,17-/m0/s1. The van der Waals surface area contributed by atoms with Gasteiger partial charge in [0.2, 0.25) is 5.88 Å². The maximum Gasteiger partial charge on any atom is 0.213 e. The van der Waals surface area contributed by atoms with Gasteiger partial charge in [0, 0.05) is 30.1 Å². The number of nitrogens with zero attached hydrogens (tertiary/aromatic N) is 3. The van der Waals surface area contributed by atoms with Crippen molar-refractivity contribution in [3.8, 4) is 17.1 Å². The zero-order valence-corrected chi connectivity index (χ0v) is 13.3. The van der Waals surface area contributed by atoms with Gasteiger partial charge < -0.3 is 9.64 Å². The quantitative estimate of drug-likeness (QED) is 0.867. The molecule has 0 saturated heterocycles. The van der Waals surface area contributed by atoms with Crippen molar-refractivity contribution in [1.29, 1.82) is 0 Å². The molecule has 2 aromatic rings. The van der Waals surface area contributed by atoms with Gasteiger partial charge in [-0.25, -0.2) is 4.98 Å². The fraction of sp³-hybridized carbons (Fsp3) is 0.444. The molecule has 2 heterocycles. The highest BCUT2D eigenvalue weighted by atomic mass is 16.5. The van der Waals surface area contributed by atoms with Gasteiger partial charge in [-0.2, -0.15) is 0 Å². The summed E-state index contributed by atoms with van der Waals surface area (Å²) in [5, 5.41) is 0. The van der Waals surface area contributed by atoms with Gasteiger partial charge in [0.15, 0.2) is 0 Å². The van der Waals surface area contributed by atoms with Crippen molar-refractivity contribution in [1.82, 2.24) is 14.9 Å². The van der Waals surface area contributed by atoms with Crippen LogP contribution in [0.4, 0.5) is 0 Å². The van der Waals surface area contributed by atoms with Crippen molar-refractivity contribution in [3.63, 3.8) is 0 Å². The van der Waals surface area contributed by atoms with Gasteiger partial charge in [-0.05, 0) is 51.6 Å². The second-order valence-electron chi connectivity index (χ2n) is 6.07. The molecule has 0 aliphatic heterocycles. The van der Waals surface area contributed by atoms with Crippen molar-refractivity contribution < 1.29 is 4.74 Å². The lowest BCUT2D eigenvalue weighted by molar-refractivity contribution is 0.0589. The molecule has 0 aromatic carbocycles. The highest BCUT2D eigenvalue weighted by molar-refractivity contribution is 5.57. The van der Waals surface area contributed by atoms with E-state index in [0.29, 0.717) is 11.9 Å². The van der Waals surface area contributed by atoms with Gasteiger partial charge in [-0.1, -0.05) is 12.5 Å². The Hall–Kier alpha value is -1.94. The van der Waals surface area contributed by atoms with E-state index in [9.17, 15) is 0 Å². The first-order valence-electron chi connectivity index (χ1n) is 7.94. The van der Waals surface area contributed by atoms with Gasteiger partial charge in [0.05, 0.1) is 5.69 Å². The van der Waals surface area contributed by atoms with Crippen molar-refractivity contribution >= 4 is 0 Å². The van der Waals surface area contributed by atoms with E-state index in [1.807, 2.05) is 36.5 Å². The van der Waals surface area contributed by atoms with Crippen LogP contribution < -0.4 is 4.74 Å². The van der Waals surface area contributed by atoms with Gasteiger partial charge in [-0.15, -0.1) is 0 Å². The first kappa shape index (κ1) is 15.0. The summed E-state index contributed by atoms with van der Waals surface area (Å²) in [6.07, 6.45) is 8.69. The van der Waals surface area contributed by atoms with Crippen molar-refractivity contribution in [2.75, 3.05) is 14.1 Å². The summed E-state index contributed by atoms with van der Waals surface area (Å²) in [5.41, 5.74) is 1.95. The number of rotatable bonds is 4. The summed E-state index contributed by atoms with van der Waals surface area (Å²) < 4.78 is 6.15. The minimum Gasteiger partial charge on any atom is -0.473 e. The summed E-state index contributed by atoms with van der Waals surface area (Å²) in [5.74, 6) is 0.707. The molecular weight excluding hydrogens is 274 g/mol. The summed E-state index contributed by atoms with van der Waals surface area (Å²) in [6, 6.07) is 10.3. The molecule has 4 heteroatoms. The molecule has 2 aromatic heterocycles.